The summed E-state index contributed by atoms with van der Waals surface area (Å²) in [6, 6.07) is 25.5. The van der Waals surface area contributed by atoms with Gasteiger partial charge in [0.15, 0.2) is 0 Å². The Kier molecular flexibility index (Phi) is 47.5. The van der Waals surface area contributed by atoms with Gasteiger partial charge in [-0.2, -0.15) is 21.6 Å². The Morgan fingerprint density at radius 3 is 1.62 bits per heavy atom. The van der Waals surface area contributed by atoms with E-state index >= 15 is 0 Å². The smallest absolute Gasteiger partial charge is 0.463 e. The molecule has 131 heavy (non-hydrogen) atoms. The number of alkyl halides is 3. The molecule has 3 unspecified atom stereocenters. The predicted molar refractivity (Wildman–Crippen MR) is 530 cm³/mol. The van der Waals surface area contributed by atoms with Crippen molar-refractivity contribution in [3.63, 3.8) is 0 Å². The minimum atomic E-state index is -5.84. The van der Waals surface area contributed by atoms with Gasteiger partial charge in [-0.3, -0.25) is 23.9 Å². The molecule has 0 radical (unpaired) electrons. The molecule has 0 bridgehead atoms. The maximum Gasteiger partial charge on any atom is 0.534 e. The third-order valence-corrected chi connectivity index (χ3v) is 23.4. The van der Waals surface area contributed by atoms with Gasteiger partial charge in [0.05, 0.1) is 81.0 Å². The molecule has 32 nitrogen and oxygen atoms in total. The van der Waals surface area contributed by atoms with Crippen LogP contribution in [-0.2, 0) is 73.1 Å². The lowest BCUT2D eigenvalue weighted by Crippen LogP contribution is -2.45. The van der Waals surface area contributed by atoms with Crippen molar-refractivity contribution in [2.75, 3.05) is 56.7 Å². The van der Waals surface area contributed by atoms with E-state index in [0.717, 1.165) is 91.4 Å². The first kappa shape index (κ1) is 117. The van der Waals surface area contributed by atoms with Crippen LogP contribution >= 0.6 is 102 Å². The number of nitrogen functional groups attached to an aromatic ring is 3. The number of likely N-dealkylation sites (tertiary alicyclic amines) is 1. The van der Waals surface area contributed by atoms with Gasteiger partial charge in [-0.25, -0.2) is 58.7 Å². The predicted octanol–water partition coefficient (Wildman–Crippen LogP) is 20.3. The summed E-state index contributed by atoms with van der Waals surface area (Å²) in [5.41, 5.74) is 14.3. The minimum Gasteiger partial charge on any atom is -0.463 e. The van der Waals surface area contributed by atoms with Crippen molar-refractivity contribution in [2.45, 2.75) is 216 Å². The van der Waals surface area contributed by atoms with E-state index in [9.17, 15) is 59.9 Å². The fraction of sp³-hybridized carbons (Fsp3) is 0.483. The third kappa shape index (κ3) is 43.8. The molecule has 0 spiro atoms. The number of aromatic nitrogens is 7. The average molecular weight is 2310 g/mol. The van der Waals surface area contributed by atoms with Gasteiger partial charge in [0.2, 0.25) is 17.3 Å². The lowest BCUT2D eigenvalue weighted by Gasteiger charge is -2.34. The maximum atomic E-state index is 12.6. The number of hydrogen-bond acceptors (Lipinski definition) is 27. The number of carbonyl (C=O) groups excluding carboxylic acids is 6. The molecule has 7 aromatic heterocycles. The molecule has 722 valence electrons. The van der Waals surface area contributed by atoms with Crippen molar-refractivity contribution in [3.8, 4) is 0 Å². The fourth-order valence-electron chi connectivity index (χ4n) is 10.5. The summed E-state index contributed by atoms with van der Waals surface area (Å²) in [6.45, 7) is 46.1. The highest BCUT2D eigenvalue weighted by molar-refractivity contribution is 14.1. The van der Waals surface area contributed by atoms with Crippen LogP contribution in [0.25, 0.3) is 28.1 Å². The zero-order valence-electron chi connectivity index (χ0n) is 77.4. The number of ether oxygens (including phenoxy) is 6. The number of H-pyrrole nitrogens is 1. The number of esters is 2. The second-order valence-corrected chi connectivity index (χ2v) is 46.9. The summed E-state index contributed by atoms with van der Waals surface area (Å²) in [7, 11) is -7.49. The SMILES string of the molecule is C=CC(=O)OCC.CC1CC=C(B2OC(C)(C)C(C)(C)O2)N(C(=O)OC(C)(C)C)C1.CC1CC=C(OS(=O)(=O)C(F)(F)F)N(C(=O)OC(C)(C)C)C1.CC1CCC(=O)N(C(=O)OC(C)(C)C)C1.CCOC(=O)/C=C/c1nc(Br)ccc1N.C[Si](C)(C)CCOCn1c(=O)ccc2nc(Br)ccc21.Nc1ccc(Br)nc1.Nc1ccc(Br)nc1I.O=c1ccc2nc(Br)ccc2[nH]1. The third-order valence-electron chi connectivity index (χ3n) is 17.7. The Morgan fingerprint density at radius 2 is 1.11 bits per heavy atom. The lowest BCUT2D eigenvalue weighted by atomic mass is 9.79. The van der Waals surface area contributed by atoms with E-state index in [1.165, 1.54) is 29.2 Å². The van der Waals surface area contributed by atoms with Crippen molar-refractivity contribution < 1.29 is 92.3 Å². The Hall–Kier alpha value is -8.22. The highest BCUT2D eigenvalue weighted by Crippen LogP contribution is 2.41. The molecule has 3 atom stereocenters. The number of amides is 4. The molecule has 2 saturated heterocycles. The molecule has 11 rings (SSSR count). The number of halogens is 9. The number of hydrogen-bond donors (Lipinski definition) is 4. The molecule has 2 fully saturated rings. The van der Waals surface area contributed by atoms with Crippen LogP contribution in [-0.4, -0.2) is 182 Å². The first-order chi connectivity index (χ1) is 60.4. The molecular weight excluding hydrogens is 2190 g/mol. The Labute approximate surface area is 820 Å². The largest absolute Gasteiger partial charge is 0.534 e. The summed E-state index contributed by atoms with van der Waals surface area (Å²) in [6.07, 6.45) is 9.40. The summed E-state index contributed by atoms with van der Waals surface area (Å²) in [5, 5.41) is 0. The molecule has 4 aliphatic heterocycles. The van der Waals surface area contributed by atoms with Crippen LogP contribution in [0.2, 0.25) is 25.7 Å². The van der Waals surface area contributed by atoms with Gasteiger partial charge < -0.3 is 64.1 Å². The van der Waals surface area contributed by atoms with Crippen LogP contribution in [0.3, 0.4) is 0 Å². The lowest BCUT2D eigenvalue weighted by molar-refractivity contribution is -0.138. The second-order valence-electron chi connectivity index (χ2n) is 34.7. The summed E-state index contributed by atoms with van der Waals surface area (Å²) in [5.74, 6) is -0.898. The Balaban J connectivity index is 0.000000388. The summed E-state index contributed by atoms with van der Waals surface area (Å²) in [4.78, 5) is 119. The summed E-state index contributed by atoms with van der Waals surface area (Å²) >= 11 is 18.3. The highest BCUT2D eigenvalue weighted by Gasteiger charge is 2.55. The van der Waals surface area contributed by atoms with Crippen LogP contribution in [0.15, 0.2) is 166 Å². The van der Waals surface area contributed by atoms with E-state index in [1.807, 2.05) is 91.8 Å². The fourth-order valence-corrected chi connectivity index (χ4v) is 14.0. The quantitative estimate of drug-likeness (QED) is 0.00958. The van der Waals surface area contributed by atoms with Gasteiger partial charge in [-0.1, -0.05) is 53.1 Å². The number of carbonyl (C=O) groups is 6. The van der Waals surface area contributed by atoms with Crippen LogP contribution in [0.5, 0.6) is 0 Å². The normalized spacial score (nSPS) is 16.4. The van der Waals surface area contributed by atoms with Crippen molar-refractivity contribution in [1.29, 1.82) is 0 Å². The van der Waals surface area contributed by atoms with Gasteiger partial charge in [-0.15, -0.1) is 0 Å². The molecule has 0 aromatic carbocycles. The Bertz CT molecular complexity index is 5310. The van der Waals surface area contributed by atoms with Crippen molar-refractivity contribution >= 4 is 209 Å². The number of piperidine rings is 1. The van der Waals surface area contributed by atoms with E-state index in [4.69, 9.17) is 50.2 Å². The number of nitrogens with zero attached hydrogens (tertiary/aromatic N) is 9. The molecule has 7 N–H and O–H groups in total. The molecular formula is C87H119BBr5F3IN13O19SSi. The van der Waals surface area contributed by atoms with Crippen LogP contribution in [0, 0.1) is 21.5 Å². The standard InChI is InChI=1S/C17H30BNO4.C14H19BrN2O2Si.C12H18F3NO5S.C11H19NO3.C10H11BrN2O2.C8H5BrN2O.C5H4BrIN2.C5H5BrN2.C5H8O2/c1-12-9-10-13(18-22-16(5,6)17(7,8)23-18)19(11-12)14(20)21-15(2,3)4;1-20(2,3)9-8-19-10-17-12-5-6-13(15)16-11(12)4-7-14(17)18;1-8-5-6-9(21-22(18,19)12(13,14)15)16(7-8)10(17)20-11(2,3)4;1-8-5-6-9(13)12(7-8)10(14)15-11(2,3)4;1-2-15-10(14)6-4-8-7(12)3-5-9(11)13-8;9-7-3-1-6-5(10-7)2-4-8(12)11-6;6-4-2-1-3(8)5(7)9-4;6-5-2-1-4(7)3-8-5;1-3-5(6)7-4-2/h10,12H,9,11H2,1-8H3;4-7H,8-10H2,1-3H3;6,8H,5,7H2,1-4H3;8H,5-7H2,1-4H3;3-6H,2,12H2,1H3;1-4H,(H,11,12);1-2H,8H2;1-3H,7H2;3H,1,4H2,2H3/b;;;;6-4+;;;;. The first-order valence-corrected chi connectivity index (χ1v) is 51.3. The second kappa shape index (κ2) is 53.2. The van der Waals surface area contributed by atoms with E-state index in [1.54, 1.807) is 120 Å². The number of aromatic amines is 1. The van der Waals surface area contributed by atoms with Crippen LogP contribution in [0.4, 0.5) is 44.6 Å². The Morgan fingerprint density at radius 1 is 0.634 bits per heavy atom. The first-order valence-electron chi connectivity index (χ1n) is 41.1. The van der Waals surface area contributed by atoms with Gasteiger partial charge in [0.25, 0.3) is 5.56 Å². The van der Waals surface area contributed by atoms with Gasteiger partial charge in [-0.05, 0) is 334 Å². The highest BCUT2D eigenvalue weighted by atomic mass is 127. The van der Waals surface area contributed by atoms with Crippen LogP contribution < -0.4 is 28.3 Å². The number of pyridine rings is 7. The molecule has 7 aromatic rings. The maximum absolute atomic E-state index is 12.6. The average Bonchev–Trinajstić information content (AvgIpc) is 1.61. The number of allylic oxidation sites excluding steroid dienone is 2. The monoisotopic (exact) mass is 2300 g/mol. The number of fused-ring (bicyclic) bond motifs is 2. The van der Waals surface area contributed by atoms with E-state index in [2.05, 4.69) is 174 Å². The topological polar surface area (TPSA) is 427 Å². The number of anilines is 3. The number of imide groups is 1. The number of nitrogens with two attached hydrogens (primary N) is 3. The van der Waals surface area contributed by atoms with Crippen LogP contribution in [0.1, 0.15) is 156 Å². The molecule has 44 heteroatoms. The van der Waals surface area contributed by atoms with E-state index < -0.39 is 82.9 Å². The van der Waals surface area contributed by atoms with Crippen molar-refractivity contribution in [3.05, 3.63) is 187 Å². The molecule has 11 heterocycles. The van der Waals surface area contributed by atoms with Crippen molar-refractivity contribution in [2.24, 2.45) is 17.8 Å². The van der Waals surface area contributed by atoms with Gasteiger partial charge in [0.1, 0.15) is 50.3 Å². The number of rotatable bonds is 13. The molecule has 0 aliphatic carbocycles. The zero-order chi connectivity index (χ0) is 99.7. The molecule has 4 aliphatic rings. The zero-order valence-corrected chi connectivity index (χ0v) is 89.3. The van der Waals surface area contributed by atoms with E-state index in [0.29, 0.717) is 72.8 Å². The van der Waals surface area contributed by atoms with Gasteiger partial charge >= 0.3 is 53.0 Å². The minimum absolute atomic E-state index is 0.00583. The molecule has 4 amide bonds. The van der Waals surface area contributed by atoms with E-state index in [-0.39, 0.29) is 54.7 Å². The molecule has 0 saturated carbocycles. The summed E-state index contributed by atoms with van der Waals surface area (Å²) < 4.78 is 113. The number of nitrogens with one attached hydrogen (secondary N) is 1. The van der Waals surface area contributed by atoms with Gasteiger partial charge in [0, 0.05) is 65.0 Å². The van der Waals surface area contributed by atoms with Crippen molar-refractivity contribution in [1.82, 2.24) is 49.2 Å².